The van der Waals surface area contributed by atoms with E-state index in [9.17, 15) is 0 Å². The predicted molar refractivity (Wildman–Crippen MR) is 115 cm³/mol. The van der Waals surface area contributed by atoms with Crippen LogP contribution in [-0.2, 0) is 5.41 Å². The highest BCUT2D eigenvalue weighted by Crippen LogP contribution is 2.76. The van der Waals surface area contributed by atoms with Gasteiger partial charge in [0.05, 0.1) is 9.52 Å². The van der Waals surface area contributed by atoms with Crippen LogP contribution in [0.3, 0.4) is 0 Å². The van der Waals surface area contributed by atoms with Crippen molar-refractivity contribution < 1.29 is 0 Å². The van der Waals surface area contributed by atoms with E-state index in [-0.39, 0.29) is 9.52 Å². The van der Waals surface area contributed by atoms with Crippen molar-refractivity contribution in [3.63, 3.8) is 0 Å². The fraction of sp³-hybridized carbons (Fsp3) is 0.680. The lowest BCUT2D eigenvalue weighted by atomic mass is 9.30. The zero-order valence-electron chi connectivity index (χ0n) is 17.0. The van der Waals surface area contributed by atoms with Gasteiger partial charge in [-0.15, -0.1) is 12.3 Å². The van der Waals surface area contributed by atoms with E-state index in [4.69, 9.17) is 0 Å². The second-order valence-electron chi connectivity index (χ2n) is 10.4. The third-order valence-electron chi connectivity index (χ3n) is 9.32. The van der Waals surface area contributed by atoms with Crippen molar-refractivity contribution in [3.8, 4) is 0 Å². The van der Waals surface area contributed by atoms with Crippen LogP contribution in [0.5, 0.6) is 0 Å². The quantitative estimate of drug-likeness (QED) is 0.662. The van der Waals surface area contributed by atoms with E-state index < -0.39 is 0 Å². The fourth-order valence-corrected chi connectivity index (χ4v) is 10.3. The molecule has 7 aliphatic rings. The largest absolute Gasteiger partial charge is 0.107 e. The Morgan fingerprint density at radius 3 is 1.81 bits per heavy atom. The molecule has 0 saturated heterocycles. The Morgan fingerprint density at radius 2 is 1.31 bits per heavy atom. The molecule has 0 N–H and O–H groups in total. The van der Waals surface area contributed by atoms with Crippen LogP contribution >= 0.6 is 0 Å². The highest BCUT2D eigenvalue weighted by molar-refractivity contribution is 6.59. The summed E-state index contributed by atoms with van der Waals surface area (Å²) in [7, 11) is -0.282. The number of benzene rings is 1. The lowest BCUT2D eigenvalue weighted by Gasteiger charge is -2.75. The molecular formula is C25H36Si. The van der Waals surface area contributed by atoms with Crippen LogP contribution in [0.4, 0.5) is 0 Å². The average molecular weight is 365 g/mol. The summed E-state index contributed by atoms with van der Waals surface area (Å²) in [5.74, 6) is 6.52. The Hall–Kier alpha value is -0.823. The van der Waals surface area contributed by atoms with E-state index in [2.05, 4.69) is 43.5 Å². The molecule has 26 heavy (non-hydrogen) atoms. The Bertz CT molecular complexity index is 654. The molecule has 0 spiro atoms. The first kappa shape index (κ1) is 17.3. The standard InChI is InChI=1S/C23H30Si.C2H6/c1-3-24-21-7-5-4-6-20(21)23-11-17-14-8-22(2)9-15(17)19(13-23)16(10-22)18(14)12-23;1-2/h3-7,14-19H,1,8-13,24H2,2H3;1-2H3. The zero-order chi connectivity index (χ0) is 18.1. The molecule has 7 fully saturated rings. The van der Waals surface area contributed by atoms with E-state index >= 15 is 0 Å². The third kappa shape index (κ3) is 2.13. The summed E-state index contributed by atoms with van der Waals surface area (Å²) in [5.41, 5.74) is 5.30. The van der Waals surface area contributed by atoms with E-state index in [1.54, 1.807) is 30.0 Å². The van der Waals surface area contributed by atoms with Gasteiger partial charge in [-0.3, -0.25) is 0 Å². The van der Waals surface area contributed by atoms with Crippen LogP contribution in [0.25, 0.3) is 0 Å². The maximum Gasteiger partial charge on any atom is 0.0779 e. The molecule has 7 saturated carbocycles. The topological polar surface area (TPSA) is 0 Å². The van der Waals surface area contributed by atoms with Crippen molar-refractivity contribution in [2.45, 2.75) is 64.7 Å². The minimum atomic E-state index is -0.282. The molecular weight excluding hydrogens is 328 g/mol. The van der Waals surface area contributed by atoms with E-state index in [0.717, 1.165) is 40.9 Å². The molecule has 8 rings (SSSR count). The van der Waals surface area contributed by atoms with Gasteiger partial charge >= 0.3 is 0 Å². The van der Waals surface area contributed by atoms with Crippen molar-refractivity contribution in [3.05, 3.63) is 42.1 Å². The Labute approximate surface area is 162 Å². The highest BCUT2D eigenvalue weighted by Gasteiger charge is 2.69. The van der Waals surface area contributed by atoms with Gasteiger partial charge in [0.25, 0.3) is 0 Å². The lowest BCUT2D eigenvalue weighted by Crippen LogP contribution is -2.68. The number of hydrogen-bond donors (Lipinski definition) is 0. The smallest absolute Gasteiger partial charge is 0.0779 e. The molecule has 0 amide bonds. The van der Waals surface area contributed by atoms with Crippen molar-refractivity contribution >= 4 is 14.7 Å². The summed E-state index contributed by atoms with van der Waals surface area (Å²) < 4.78 is 0. The van der Waals surface area contributed by atoms with Crippen molar-refractivity contribution in [2.24, 2.45) is 40.9 Å². The highest BCUT2D eigenvalue weighted by atomic mass is 28.2. The molecule has 0 radical (unpaired) electrons. The monoisotopic (exact) mass is 364 g/mol. The van der Waals surface area contributed by atoms with Gasteiger partial charge in [0.2, 0.25) is 0 Å². The van der Waals surface area contributed by atoms with Crippen LogP contribution in [0.2, 0.25) is 0 Å². The molecule has 0 unspecified atom stereocenters. The summed E-state index contributed by atoms with van der Waals surface area (Å²) in [6.07, 6.45) is 9.30. The van der Waals surface area contributed by atoms with Crippen molar-refractivity contribution in [2.75, 3.05) is 0 Å². The summed E-state index contributed by atoms with van der Waals surface area (Å²) in [6.45, 7) is 10.7. The van der Waals surface area contributed by atoms with Gasteiger partial charge in [-0.2, -0.15) is 0 Å². The van der Waals surface area contributed by atoms with Gasteiger partial charge in [-0.25, -0.2) is 0 Å². The minimum Gasteiger partial charge on any atom is -0.107 e. The summed E-state index contributed by atoms with van der Waals surface area (Å²) in [4.78, 5) is 0. The lowest BCUT2D eigenvalue weighted by molar-refractivity contribution is -0.236. The molecule has 0 aliphatic heterocycles. The van der Waals surface area contributed by atoms with Gasteiger partial charge in [-0.1, -0.05) is 50.2 Å². The Kier molecular flexibility index (Phi) is 3.88. The third-order valence-corrected chi connectivity index (χ3v) is 10.7. The van der Waals surface area contributed by atoms with Crippen LogP contribution < -0.4 is 5.19 Å². The number of hydrogen-bond acceptors (Lipinski definition) is 0. The van der Waals surface area contributed by atoms with E-state index in [0.29, 0.717) is 5.41 Å². The summed E-state index contributed by atoms with van der Waals surface area (Å²) >= 11 is 0. The molecule has 0 atom stereocenters. The SMILES string of the molecule is C=C[SiH2]c1ccccc1C12CC3C4CC5(C)CC3C(C1)C(C5)C4C2.CC. The van der Waals surface area contributed by atoms with Gasteiger partial charge < -0.3 is 0 Å². The Balaban J connectivity index is 0.000000727. The first-order valence-corrected chi connectivity index (χ1v) is 12.8. The second kappa shape index (κ2) is 5.84. The molecule has 0 nitrogen and oxygen atoms in total. The number of rotatable bonds is 3. The van der Waals surface area contributed by atoms with Gasteiger partial charge in [0.15, 0.2) is 0 Å². The van der Waals surface area contributed by atoms with Crippen LogP contribution in [0.1, 0.15) is 64.9 Å². The molecule has 1 heteroatoms. The minimum absolute atomic E-state index is 0.282. The maximum atomic E-state index is 4.08. The van der Waals surface area contributed by atoms with Crippen LogP contribution in [0.15, 0.2) is 36.5 Å². The van der Waals surface area contributed by atoms with Gasteiger partial charge in [0.1, 0.15) is 0 Å². The van der Waals surface area contributed by atoms with Crippen LogP contribution in [-0.4, -0.2) is 9.52 Å². The van der Waals surface area contributed by atoms with Gasteiger partial charge in [-0.05, 0) is 90.4 Å². The maximum absolute atomic E-state index is 4.08. The molecule has 0 heterocycles. The van der Waals surface area contributed by atoms with Gasteiger partial charge in [0, 0.05) is 0 Å². The molecule has 7 aliphatic carbocycles. The van der Waals surface area contributed by atoms with Crippen molar-refractivity contribution in [1.82, 2.24) is 0 Å². The molecule has 8 bridgehead atoms. The first-order chi connectivity index (χ1) is 12.6. The molecule has 1 aromatic rings. The van der Waals surface area contributed by atoms with E-state index in [1.165, 1.54) is 19.3 Å². The average Bonchev–Trinajstić information content (AvgIpc) is 2.67. The molecule has 140 valence electrons. The van der Waals surface area contributed by atoms with Crippen LogP contribution in [0, 0.1) is 40.9 Å². The normalized spacial score (nSPS) is 49.5. The summed E-state index contributed by atoms with van der Waals surface area (Å²) in [6, 6.07) is 9.53. The Morgan fingerprint density at radius 1 is 0.846 bits per heavy atom. The van der Waals surface area contributed by atoms with Crippen molar-refractivity contribution in [1.29, 1.82) is 0 Å². The zero-order valence-corrected chi connectivity index (χ0v) is 18.4. The second-order valence-corrected chi connectivity index (χ2v) is 12.2. The molecule has 0 aromatic heterocycles. The molecule has 1 aromatic carbocycles. The predicted octanol–water partition coefficient (Wildman–Crippen LogP) is 5.00. The van der Waals surface area contributed by atoms with E-state index in [1.807, 2.05) is 13.8 Å². The summed E-state index contributed by atoms with van der Waals surface area (Å²) in [5, 5.41) is 1.71. The fourth-order valence-electron chi connectivity index (χ4n) is 8.98. The first-order valence-electron chi connectivity index (χ1n) is 11.3.